The molecule has 3 aromatic rings. The standard InChI is InChI=1S/C19H19N3O2S/c1-11(2)24-18(23)16-12(3)20-19-21-13-7-4-5-8-14(13)22(19)17(16)15-9-6-10-25-15/h4-11,17H,1-3H3,(H,20,21)/t17-/m0/s1. The molecule has 0 fully saturated rings. The summed E-state index contributed by atoms with van der Waals surface area (Å²) in [6.07, 6.45) is -0.169. The lowest BCUT2D eigenvalue weighted by Gasteiger charge is -2.29. The maximum atomic E-state index is 12.8. The number of anilines is 1. The molecule has 5 nitrogen and oxygen atoms in total. The average molecular weight is 353 g/mol. The number of nitrogens with one attached hydrogen (secondary N) is 1. The van der Waals surface area contributed by atoms with E-state index in [4.69, 9.17) is 4.74 Å². The molecule has 0 bridgehead atoms. The van der Waals surface area contributed by atoms with Gasteiger partial charge in [-0.2, -0.15) is 0 Å². The third-order valence-corrected chi connectivity index (χ3v) is 5.13. The summed E-state index contributed by atoms with van der Waals surface area (Å²) >= 11 is 1.63. The number of imidazole rings is 1. The largest absolute Gasteiger partial charge is 0.459 e. The van der Waals surface area contributed by atoms with Crippen molar-refractivity contribution < 1.29 is 9.53 Å². The van der Waals surface area contributed by atoms with Crippen molar-refractivity contribution in [2.75, 3.05) is 5.32 Å². The fraction of sp³-hybridized carbons (Fsp3) is 0.263. The number of aromatic nitrogens is 2. The molecule has 1 aliphatic rings. The van der Waals surface area contributed by atoms with E-state index in [2.05, 4.69) is 20.9 Å². The number of nitrogens with zero attached hydrogens (tertiary/aromatic N) is 2. The Balaban J connectivity index is 1.94. The highest BCUT2D eigenvalue weighted by Gasteiger charge is 2.35. The van der Waals surface area contributed by atoms with Crippen LogP contribution in [0.15, 0.2) is 53.0 Å². The van der Waals surface area contributed by atoms with Gasteiger partial charge in [0.1, 0.15) is 6.04 Å². The Morgan fingerprint density at radius 2 is 2.08 bits per heavy atom. The van der Waals surface area contributed by atoms with Gasteiger partial charge in [0.15, 0.2) is 0 Å². The lowest BCUT2D eigenvalue weighted by Crippen LogP contribution is -2.29. The Labute approximate surface area is 149 Å². The lowest BCUT2D eigenvalue weighted by molar-refractivity contribution is -0.143. The van der Waals surface area contributed by atoms with Gasteiger partial charge in [-0.25, -0.2) is 9.78 Å². The van der Waals surface area contributed by atoms with E-state index in [-0.39, 0.29) is 18.1 Å². The third kappa shape index (κ3) is 2.62. The molecule has 1 aromatic carbocycles. The highest BCUT2D eigenvalue weighted by molar-refractivity contribution is 7.10. The molecule has 0 spiro atoms. The van der Waals surface area contributed by atoms with Crippen LogP contribution < -0.4 is 5.32 Å². The Kier molecular flexibility index (Phi) is 3.84. The number of allylic oxidation sites excluding steroid dienone is 1. The number of thiophene rings is 1. The number of carbonyl (C=O) groups excluding carboxylic acids is 1. The van der Waals surface area contributed by atoms with Gasteiger partial charge in [-0.1, -0.05) is 18.2 Å². The Morgan fingerprint density at radius 3 is 2.80 bits per heavy atom. The normalized spacial score (nSPS) is 16.9. The number of benzene rings is 1. The molecule has 0 saturated carbocycles. The molecular weight excluding hydrogens is 334 g/mol. The molecule has 0 amide bonds. The van der Waals surface area contributed by atoms with Crippen molar-refractivity contribution in [2.24, 2.45) is 0 Å². The molecule has 4 rings (SSSR count). The van der Waals surface area contributed by atoms with E-state index >= 15 is 0 Å². The number of hydrogen-bond donors (Lipinski definition) is 1. The molecule has 25 heavy (non-hydrogen) atoms. The second-order valence-electron chi connectivity index (χ2n) is 6.33. The van der Waals surface area contributed by atoms with Gasteiger partial charge in [0.2, 0.25) is 5.95 Å². The number of ether oxygens (including phenoxy) is 1. The summed E-state index contributed by atoms with van der Waals surface area (Å²) in [5, 5.41) is 5.31. The molecule has 0 saturated heterocycles. The van der Waals surface area contributed by atoms with Crippen molar-refractivity contribution in [1.82, 2.24) is 9.55 Å². The minimum absolute atomic E-state index is 0.169. The fourth-order valence-electron chi connectivity index (χ4n) is 3.22. The van der Waals surface area contributed by atoms with Gasteiger partial charge in [-0.3, -0.25) is 4.57 Å². The number of carbonyl (C=O) groups is 1. The molecule has 128 valence electrons. The van der Waals surface area contributed by atoms with Gasteiger partial charge < -0.3 is 10.1 Å². The Bertz CT molecular complexity index is 970. The molecule has 3 heterocycles. The number of fused-ring (bicyclic) bond motifs is 3. The van der Waals surface area contributed by atoms with Crippen molar-refractivity contribution in [2.45, 2.75) is 32.9 Å². The summed E-state index contributed by atoms with van der Waals surface area (Å²) in [5.74, 6) is 0.458. The van der Waals surface area contributed by atoms with E-state index < -0.39 is 0 Å². The first kappa shape index (κ1) is 15.9. The SMILES string of the molecule is CC1=C(C(=O)OC(C)C)[C@H](c2cccs2)n2c(nc3ccccc32)N1. The first-order valence-corrected chi connectivity index (χ1v) is 9.13. The highest BCUT2D eigenvalue weighted by atomic mass is 32.1. The average Bonchev–Trinajstić information content (AvgIpc) is 3.20. The Hall–Kier alpha value is -2.60. The van der Waals surface area contributed by atoms with E-state index in [0.29, 0.717) is 5.57 Å². The van der Waals surface area contributed by atoms with Crippen LogP contribution in [0.1, 0.15) is 31.7 Å². The van der Waals surface area contributed by atoms with Crippen LogP contribution >= 0.6 is 11.3 Å². The van der Waals surface area contributed by atoms with Crippen LogP contribution in [0.2, 0.25) is 0 Å². The van der Waals surface area contributed by atoms with Crippen LogP contribution in [0, 0.1) is 0 Å². The number of para-hydroxylation sites is 2. The predicted molar refractivity (Wildman–Crippen MR) is 99.7 cm³/mol. The number of hydrogen-bond acceptors (Lipinski definition) is 5. The molecule has 1 aliphatic heterocycles. The van der Waals surface area contributed by atoms with Gasteiger partial charge >= 0.3 is 5.97 Å². The quantitative estimate of drug-likeness (QED) is 0.712. The minimum Gasteiger partial charge on any atom is -0.459 e. The molecular formula is C19H19N3O2S. The summed E-state index contributed by atoms with van der Waals surface area (Å²) in [6.45, 7) is 5.63. The zero-order valence-corrected chi connectivity index (χ0v) is 15.1. The van der Waals surface area contributed by atoms with Gasteiger partial charge in [0, 0.05) is 10.6 Å². The maximum Gasteiger partial charge on any atom is 0.338 e. The van der Waals surface area contributed by atoms with Crippen molar-refractivity contribution in [3.63, 3.8) is 0 Å². The smallest absolute Gasteiger partial charge is 0.338 e. The lowest BCUT2D eigenvalue weighted by atomic mass is 10.0. The molecule has 1 atom stereocenters. The summed E-state index contributed by atoms with van der Waals surface area (Å²) in [4.78, 5) is 18.6. The summed E-state index contributed by atoms with van der Waals surface area (Å²) < 4.78 is 7.61. The molecule has 0 aliphatic carbocycles. The topological polar surface area (TPSA) is 56.2 Å². The van der Waals surface area contributed by atoms with Gasteiger partial charge in [0.05, 0.1) is 22.7 Å². The van der Waals surface area contributed by atoms with E-state index in [1.807, 2.05) is 56.5 Å². The van der Waals surface area contributed by atoms with Crippen LogP contribution in [0.5, 0.6) is 0 Å². The van der Waals surface area contributed by atoms with E-state index in [1.165, 1.54) is 0 Å². The monoisotopic (exact) mass is 353 g/mol. The second kappa shape index (κ2) is 6.04. The van der Waals surface area contributed by atoms with Gasteiger partial charge in [-0.05, 0) is 44.4 Å². The van der Waals surface area contributed by atoms with Crippen molar-refractivity contribution in [3.8, 4) is 0 Å². The van der Waals surface area contributed by atoms with Crippen molar-refractivity contribution in [3.05, 3.63) is 57.9 Å². The second-order valence-corrected chi connectivity index (χ2v) is 7.31. The van der Waals surface area contributed by atoms with Crippen LogP contribution in [0.4, 0.5) is 5.95 Å². The van der Waals surface area contributed by atoms with E-state index in [0.717, 1.165) is 27.6 Å². The summed E-state index contributed by atoms with van der Waals surface area (Å²) in [5.41, 5.74) is 3.31. The molecule has 1 N–H and O–H groups in total. The number of rotatable bonds is 3. The van der Waals surface area contributed by atoms with Gasteiger partial charge in [-0.15, -0.1) is 11.3 Å². The Morgan fingerprint density at radius 1 is 1.28 bits per heavy atom. The molecule has 6 heteroatoms. The van der Waals surface area contributed by atoms with Gasteiger partial charge in [0.25, 0.3) is 0 Å². The predicted octanol–water partition coefficient (Wildman–Crippen LogP) is 4.34. The van der Waals surface area contributed by atoms with Crippen LogP contribution in [-0.4, -0.2) is 21.6 Å². The summed E-state index contributed by atoms with van der Waals surface area (Å²) in [6, 6.07) is 11.8. The van der Waals surface area contributed by atoms with Crippen LogP contribution in [0.25, 0.3) is 11.0 Å². The maximum absolute atomic E-state index is 12.8. The van der Waals surface area contributed by atoms with Crippen molar-refractivity contribution in [1.29, 1.82) is 0 Å². The summed E-state index contributed by atoms with van der Waals surface area (Å²) in [7, 11) is 0. The highest BCUT2D eigenvalue weighted by Crippen LogP contribution is 2.40. The van der Waals surface area contributed by atoms with Crippen molar-refractivity contribution >= 4 is 34.3 Å². The molecule has 0 unspecified atom stereocenters. The zero-order chi connectivity index (χ0) is 17.6. The zero-order valence-electron chi connectivity index (χ0n) is 14.3. The first-order valence-electron chi connectivity index (χ1n) is 8.25. The molecule has 2 aromatic heterocycles. The molecule has 0 radical (unpaired) electrons. The number of esters is 1. The van der Waals surface area contributed by atoms with Crippen LogP contribution in [0.3, 0.4) is 0 Å². The fourth-order valence-corrected chi connectivity index (χ4v) is 4.05. The van der Waals surface area contributed by atoms with E-state index in [1.54, 1.807) is 11.3 Å². The third-order valence-electron chi connectivity index (χ3n) is 4.21. The first-order chi connectivity index (χ1) is 12.1. The van der Waals surface area contributed by atoms with Crippen LogP contribution in [-0.2, 0) is 9.53 Å². The minimum atomic E-state index is -0.290. The van der Waals surface area contributed by atoms with E-state index in [9.17, 15) is 4.79 Å².